The number of carbonyl (C=O) groups is 1. The summed E-state index contributed by atoms with van der Waals surface area (Å²) in [5, 5.41) is 19.7. The summed E-state index contributed by atoms with van der Waals surface area (Å²) in [4.78, 5) is 14.0. The molecule has 0 radical (unpaired) electrons. The largest absolute Gasteiger partial charge is 0.425 e. The normalized spacial score (nSPS) is 12.4. The van der Waals surface area contributed by atoms with Crippen LogP contribution < -0.4 is 0 Å². The number of rotatable bonds is 11. The van der Waals surface area contributed by atoms with Crippen LogP contribution in [0.4, 0.5) is 0 Å². The number of amides is 1. The van der Waals surface area contributed by atoms with E-state index in [1.54, 1.807) is 0 Å². The number of hydrogen-bond acceptors (Lipinski definition) is 5. The molecule has 27 heavy (non-hydrogen) atoms. The first-order valence-corrected chi connectivity index (χ1v) is 9.49. The number of aryl methyl sites for hydroxylation is 2. The molecule has 0 bridgehead atoms. The number of nitrogens with zero attached hydrogens (tertiary/aromatic N) is 3. The van der Waals surface area contributed by atoms with Crippen LogP contribution in [0.3, 0.4) is 0 Å². The maximum atomic E-state index is 10.8. The first kappa shape index (κ1) is 19.1. The number of para-hydroxylation sites is 1. The van der Waals surface area contributed by atoms with Crippen molar-refractivity contribution >= 4 is 17.3 Å². The SMILES string of the molecule is CCCCCC(CN(O)C=O)c1nnc(CCc2c[nH]c3ccccc23)o1. The van der Waals surface area contributed by atoms with Gasteiger partial charge in [0.25, 0.3) is 0 Å². The second kappa shape index (κ2) is 9.32. The molecule has 7 heteroatoms. The molecule has 2 N–H and O–H groups in total. The Labute approximate surface area is 158 Å². The Hall–Kier alpha value is -2.67. The van der Waals surface area contributed by atoms with E-state index >= 15 is 0 Å². The lowest BCUT2D eigenvalue weighted by Gasteiger charge is -2.16. The van der Waals surface area contributed by atoms with Gasteiger partial charge in [-0.1, -0.05) is 44.4 Å². The summed E-state index contributed by atoms with van der Waals surface area (Å²) >= 11 is 0. The maximum Gasteiger partial charge on any atom is 0.233 e. The predicted octanol–water partition coefficient (Wildman–Crippen LogP) is 3.85. The van der Waals surface area contributed by atoms with Gasteiger partial charge in [-0.25, -0.2) is 5.06 Å². The van der Waals surface area contributed by atoms with E-state index in [-0.39, 0.29) is 12.5 Å². The molecule has 1 atom stereocenters. The van der Waals surface area contributed by atoms with Crippen molar-refractivity contribution < 1.29 is 14.4 Å². The molecule has 2 aromatic heterocycles. The molecule has 1 amide bonds. The number of hydrogen-bond donors (Lipinski definition) is 2. The highest BCUT2D eigenvalue weighted by Gasteiger charge is 2.21. The molecule has 144 valence electrons. The lowest BCUT2D eigenvalue weighted by atomic mass is 10.0. The van der Waals surface area contributed by atoms with Crippen molar-refractivity contribution in [1.29, 1.82) is 0 Å². The number of nitrogens with one attached hydrogen (secondary N) is 1. The van der Waals surface area contributed by atoms with E-state index in [0.29, 0.717) is 29.7 Å². The minimum absolute atomic E-state index is 0.152. The zero-order valence-electron chi connectivity index (χ0n) is 15.6. The molecule has 0 aliphatic carbocycles. The van der Waals surface area contributed by atoms with Crippen molar-refractivity contribution in [3.63, 3.8) is 0 Å². The molecule has 7 nitrogen and oxygen atoms in total. The van der Waals surface area contributed by atoms with Crippen LogP contribution in [0.15, 0.2) is 34.9 Å². The highest BCUT2D eigenvalue weighted by Crippen LogP contribution is 2.24. The van der Waals surface area contributed by atoms with Crippen LogP contribution in [0.5, 0.6) is 0 Å². The lowest BCUT2D eigenvalue weighted by molar-refractivity contribution is -0.151. The third-order valence-corrected chi connectivity index (χ3v) is 4.80. The van der Waals surface area contributed by atoms with E-state index in [1.807, 2.05) is 18.3 Å². The fourth-order valence-corrected chi connectivity index (χ4v) is 3.32. The highest BCUT2D eigenvalue weighted by molar-refractivity contribution is 5.83. The summed E-state index contributed by atoms with van der Waals surface area (Å²) < 4.78 is 5.85. The minimum atomic E-state index is -0.152. The fraction of sp³-hybridized carbons (Fsp3) is 0.450. The summed E-state index contributed by atoms with van der Waals surface area (Å²) in [6.07, 6.45) is 7.83. The van der Waals surface area contributed by atoms with Gasteiger partial charge in [-0.05, 0) is 24.5 Å². The molecular formula is C20H26N4O3. The first-order chi connectivity index (χ1) is 13.2. The minimum Gasteiger partial charge on any atom is -0.425 e. The van der Waals surface area contributed by atoms with Crippen molar-refractivity contribution in [3.8, 4) is 0 Å². The number of unbranched alkanes of at least 4 members (excludes halogenated alkanes) is 2. The summed E-state index contributed by atoms with van der Waals surface area (Å²) in [7, 11) is 0. The van der Waals surface area contributed by atoms with Gasteiger partial charge in [0.1, 0.15) is 0 Å². The molecule has 0 saturated carbocycles. The smallest absolute Gasteiger partial charge is 0.233 e. The third-order valence-electron chi connectivity index (χ3n) is 4.80. The summed E-state index contributed by atoms with van der Waals surface area (Å²) in [5.74, 6) is 0.911. The van der Waals surface area contributed by atoms with Gasteiger partial charge in [0, 0.05) is 23.5 Å². The van der Waals surface area contributed by atoms with E-state index in [2.05, 4.69) is 34.2 Å². The number of carbonyl (C=O) groups excluding carboxylic acids is 1. The van der Waals surface area contributed by atoms with Gasteiger partial charge in [-0.3, -0.25) is 10.0 Å². The van der Waals surface area contributed by atoms with E-state index in [1.165, 1.54) is 10.9 Å². The van der Waals surface area contributed by atoms with Crippen LogP contribution in [0.2, 0.25) is 0 Å². The third kappa shape index (κ3) is 4.95. The Morgan fingerprint density at radius 3 is 2.93 bits per heavy atom. The van der Waals surface area contributed by atoms with Crippen LogP contribution >= 0.6 is 0 Å². The number of H-pyrrole nitrogens is 1. The van der Waals surface area contributed by atoms with Gasteiger partial charge in [0.15, 0.2) is 0 Å². The van der Waals surface area contributed by atoms with Crippen molar-refractivity contribution in [2.24, 2.45) is 0 Å². The van der Waals surface area contributed by atoms with Crippen LogP contribution in [0.25, 0.3) is 10.9 Å². The van der Waals surface area contributed by atoms with E-state index in [0.717, 1.165) is 37.6 Å². The average molecular weight is 370 g/mol. The first-order valence-electron chi connectivity index (χ1n) is 9.49. The molecular weight excluding hydrogens is 344 g/mol. The lowest BCUT2D eigenvalue weighted by Crippen LogP contribution is -2.24. The van der Waals surface area contributed by atoms with Gasteiger partial charge in [0.05, 0.1) is 12.5 Å². The standard InChI is InChI=1S/C20H26N4O3/c1-2-3-4-7-16(13-24(26)14-25)20-23-22-19(27-20)11-10-15-12-21-18-9-6-5-8-17(15)18/h5-6,8-9,12,14,16,21,26H,2-4,7,10-11,13H2,1H3. The van der Waals surface area contributed by atoms with Crippen molar-refractivity contribution in [2.75, 3.05) is 6.54 Å². The van der Waals surface area contributed by atoms with Crippen molar-refractivity contribution in [1.82, 2.24) is 20.2 Å². The molecule has 1 aromatic carbocycles. The van der Waals surface area contributed by atoms with Crippen LogP contribution in [-0.2, 0) is 17.6 Å². The Morgan fingerprint density at radius 1 is 1.26 bits per heavy atom. The van der Waals surface area contributed by atoms with Gasteiger partial charge in [-0.2, -0.15) is 0 Å². The Morgan fingerprint density at radius 2 is 2.11 bits per heavy atom. The zero-order chi connectivity index (χ0) is 19.1. The van der Waals surface area contributed by atoms with Crippen LogP contribution in [0, 0.1) is 0 Å². The maximum absolute atomic E-state index is 10.8. The topological polar surface area (TPSA) is 95.2 Å². The molecule has 2 heterocycles. The fourth-order valence-electron chi connectivity index (χ4n) is 3.32. The Bertz CT molecular complexity index is 858. The second-order valence-electron chi connectivity index (χ2n) is 6.81. The molecule has 1 unspecified atom stereocenters. The Balaban J connectivity index is 1.65. The number of aromatic amines is 1. The van der Waals surface area contributed by atoms with E-state index in [4.69, 9.17) is 4.42 Å². The highest BCUT2D eigenvalue weighted by atomic mass is 16.5. The van der Waals surface area contributed by atoms with Crippen molar-refractivity contribution in [2.45, 2.75) is 51.4 Å². The van der Waals surface area contributed by atoms with E-state index < -0.39 is 0 Å². The van der Waals surface area contributed by atoms with Crippen molar-refractivity contribution in [3.05, 3.63) is 47.8 Å². The molecule has 0 spiro atoms. The molecule has 0 aliphatic rings. The average Bonchev–Trinajstić information content (AvgIpc) is 3.32. The van der Waals surface area contributed by atoms with Gasteiger partial charge in [-0.15, -0.1) is 10.2 Å². The number of fused-ring (bicyclic) bond motifs is 1. The number of hydroxylamine groups is 2. The van der Waals surface area contributed by atoms with Gasteiger partial charge in [0.2, 0.25) is 18.2 Å². The van der Waals surface area contributed by atoms with Gasteiger partial charge < -0.3 is 9.40 Å². The number of aromatic nitrogens is 3. The number of benzene rings is 1. The molecule has 3 rings (SSSR count). The zero-order valence-corrected chi connectivity index (χ0v) is 15.6. The van der Waals surface area contributed by atoms with E-state index in [9.17, 15) is 10.0 Å². The monoisotopic (exact) mass is 370 g/mol. The van der Waals surface area contributed by atoms with Gasteiger partial charge >= 0.3 is 0 Å². The summed E-state index contributed by atoms with van der Waals surface area (Å²) in [6, 6.07) is 8.19. The molecule has 0 fully saturated rings. The van der Waals surface area contributed by atoms with Crippen LogP contribution in [-0.4, -0.2) is 38.4 Å². The summed E-state index contributed by atoms with van der Waals surface area (Å²) in [5.41, 5.74) is 2.33. The quantitative estimate of drug-likeness (QED) is 0.231. The second-order valence-corrected chi connectivity index (χ2v) is 6.81. The molecule has 3 aromatic rings. The Kier molecular flexibility index (Phi) is 6.59. The van der Waals surface area contributed by atoms with Crippen LogP contribution in [0.1, 0.15) is 55.9 Å². The molecule has 0 aliphatic heterocycles. The summed E-state index contributed by atoms with van der Waals surface area (Å²) in [6.45, 7) is 2.30. The molecule has 0 saturated heterocycles. The predicted molar refractivity (Wildman–Crippen MR) is 101 cm³/mol.